The minimum atomic E-state index is 0.129. The molecule has 0 saturated carbocycles. The second-order valence-electron chi connectivity index (χ2n) is 4.25. The Bertz CT molecular complexity index is 515. The molecule has 0 aliphatic rings. The van der Waals surface area contributed by atoms with Crippen LogP contribution in [0.1, 0.15) is 13.8 Å². The second-order valence-corrected chi connectivity index (χ2v) is 4.59. The van der Waals surface area contributed by atoms with Crippen molar-refractivity contribution in [2.45, 2.75) is 13.8 Å². The molecular weight excluding hydrogens is 256 g/mol. The smallest absolute Gasteiger partial charge is 0.229 e. The van der Waals surface area contributed by atoms with Crippen LogP contribution in [0.3, 0.4) is 0 Å². The van der Waals surface area contributed by atoms with Gasteiger partial charge in [-0.3, -0.25) is 5.10 Å². The molecule has 0 fully saturated rings. The molecule has 0 aliphatic heterocycles. The van der Waals surface area contributed by atoms with E-state index in [-0.39, 0.29) is 5.28 Å². The Hall–Kier alpha value is -1.40. The maximum Gasteiger partial charge on any atom is 0.229 e. The third-order valence-corrected chi connectivity index (χ3v) is 2.33. The largest absolute Gasteiger partial charge is 0.475 e. The van der Waals surface area contributed by atoms with E-state index in [1.165, 1.54) is 0 Å². The lowest BCUT2D eigenvalue weighted by atomic mass is 10.2. The van der Waals surface area contributed by atoms with E-state index in [4.69, 9.17) is 21.1 Å². The van der Waals surface area contributed by atoms with Crippen LogP contribution in [0.25, 0.3) is 11.0 Å². The highest BCUT2D eigenvalue weighted by Gasteiger charge is 2.09. The Kier molecular flexibility index (Phi) is 4.33. The summed E-state index contributed by atoms with van der Waals surface area (Å²) in [6.45, 7) is 5.84. The minimum absolute atomic E-state index is 0.129. The zero-order valence-electron chi connectivity index (χ0n) is 10.3. The molecule has 0 atom stereocenters. The van der Waals surface area contributed by atoms with Gasteiger partial charge in [0.2, 0.25) is 11.2 Å². The van der Waals surface area contributed by atoms with Gasteiger partial charge in [-0.15, -0.1) is 0 Å². The summed E-state index contributed by atoms with van der Waals surface area (Å²) >= 11 is 5.78. The molecule has 0 amide bonds. The normalized spacial score (nSPS) is 11.3. The van der Waals surface area contributed by atoms with E-state index in [2.05, 4.69) is 34.0 Å². The molecule has 18 heavy (non-hydrogen) atoms. The molecule has 2 heterocycles. The molecule has 2 aromatic heterocycles. The molecule has 0 saturated heterocycles. The van der Waals surface area contributed by atoms with Crippen molar-refractivity contribution in [3.8, 4) is 5.88 Å². The number of fused-ring (bicyclic) bond motifs is 1. The Balaban J connectivity index is 1.93. The van der Waals surface area contributed by atoms with Crippen LogP contribution in [-0.2, 0) is 4.74 Å². The third kappa shape index (κ3) is 3.30. The predicted octanol–water partition coefficient (Wildman–Crippen LogP) is 2.06. The zero-order chi connectivity index (χ0) is 13.0. The Labute approximate surface area is 110 Å². The first-order valence-corrected chi connectivity index (χ1v) is 6.11. The average Bonchev–Trinajstić information content (AvgIpc) is 2.75. The van der Waals surface area contributed by atoms with Crippen LogP contribution in [0.4, 0.5) is 0 Å². The van der Waals surface area contributed by atoms with Gasteiger partial charge in [0.1, 0.15) is 12.0 Å². The van der Waals surface area contributed by atoms with Gasteiger partial charge >= 0.3 is 0 Å². The van der Waals surface area contributed by atoms with Crippen molar-refractivity contribution in [1.82, 2.24) is 20.2 Å². The van der Waals surface area contributed by atoms with E-state index < -0.39 is 0 Å². The van der Waals surface area contributed by atoms with E-state index in [0.29, 0.717) is 36.0 Å². The number of halogens is 1. The first-order valence-electron chi connectivity index (χ1n) is 5.74. The summed E-state index contributed by atoms with van der Waals surface area (Å²) in [6.07, 6.45) is 1.61. The summed E-state index contributed by atoms with van der Waals surface area (Å²) in [5.74, 6) is 0.936. The van der Waals surface area contributed by atoms with Gasteiger partial charge in [-0.1, -0.05) is 13.8 Å². The van der Waals surface area contributed by atoms with Gasteiger partial charge in [-0.25, -0.2) is 0 Å². The van der Waals surface area contributed by atoms with Crippen molar-refractivity contribution in [2.75, 3.05) is 19.8 Å². The van der Waals surface area contributed by atoms with Crippen LogP contribution in [0.2, 0.25) is 5.28 Å². The van der Waals surface area contributed by atoms with Crippen LogP contribution < -0.4 is 4.74 Å². The fourth-order valence-electron chi connectivity index (χ4n) is 1.41. The molecule has 0 spiro atoms. The van der Waals surface area contributed by atoms with E-state index in [1.54, 1.807) is 6.20 Å². The van der Waals surface area contributed by atoms with Gasteiger partial charge in [0, 0.05) is 6.61 Å². The fraction of sp³-hybridized carbons (Fsp3) is 0.545. The van der Waals surface area contributed by atoms with Gasteiger partial charge in [0.15, 0.2) is 5.65 Å². The van der Waals surface area contributed by atoms with E-state index in [0.717, 1.165) is 6.61 Å². The highest BCUT2D eigenvalue weighted by Crippen LogP contribution is 2.21. The molecule has 2 aromatic rings. The molecule has 2 rings (SSSR count). The zero-order valence-corrected chi connectivity index (χ0v) is 11.1. The third-order valence-electron chi connectivity index (χ3n) is 2.17. The SMILES string of the molecule is CC(C)COCCOc1nc(Cl)nc2[nH]ncc12. The lowest BCUT2D eigenvalue weighted by Crippen LogP contribution is -2.11. The Morgan fingerprint density at radius 3 is 2.94 bits per heavy atom. The topological polar surface area (TPSA) is 72.9 Å². The van der Waals surface area contributed by atoms with Gasteiger partial charge in [0.05, 0.1) is 12.8 Å². The van der Waals surface area contributed by atoms with Crippen LogP contribution in [0, 0.1) is 5.92 Å². The monoisotopic (exact) mass is 270 g/mol. The number of aromatic amines is 1. The van der Waals surface area contributed by atoms with E-state index >= 15 is 0 Å². The summed E-state index contributed by atoms with van der Waals surface area (Å²) in [5.41, 5.74) is 0.563. The Morgan fingerprint density at radius 2 is 2.17 bits per heavy atom. The van der Waals surface area contributed by atoms with Crippen molar-refractivity contribution >= 4 is 22.6 Å². The molecule has 98 valence electrons. The first-order chi connectivity index (χ1) is 8.66. The van der Waals surface area contributed by atoms with Crippen molar-refractivity contribution < 1.29 is 9.47 Å². The fourth-order valence-corrected chi connectivity index (χ4v) is 1.57. The molecule has 7 heteroatoms. The van der Waals surface area contributed by atoms with Crippen molar-refractivity contribution in [1.29, 1.82) is 0 Å². The number of rotatable bonds is 6. The highest BCUT2D eigenvalue weighted by atomic mass is 35.5. The van der Waals surface area contributed by atoms with Crippen molar-refractivity contribution in [3.05, 3.63) is 11.5 Å². The van der Waals surface area contributed by atoms with Crippen LogP contribution in [0.5, 0.6) is 5.88 Å². The predicted molar refractivity (Wildman–Crippen MR) is 67.8 cm³/mol. The minimum Gasteiger partial charge on any atom is -0.475 e. The van der Waals surface area contributed by atoms with Crippen molar-refractivity contribution in [3.63, 3.8) is 0 Å². The van der Waals surface area contributed by atoms with Crippen LogP contribution >= 0.6 is 11.6 Å². The van der Waals surface area contributed by atoms with E-state index in [1.807, 2.05) is 0 Å². The molecule has 0 radical (unpaired) electrons. The lowest BCUT2D eigenvalue weighted by Gasteiger charge is -2.08. The first kappa shape index (κ1) is 13.0. The maximum atomic E-state index is 5.78. The molecule has 0 unspecified atom stereocenters. The molecular formula is C11H15ClN4O2. The van der Waals surface area contributed by atoms with Gasteiger partial charge in [-0.2, -0.15) is 15.1 Å². The number of aromatic nitrogens is 4. The highest BCUT2D eigenvalue weighted by molar-refractivity contribution is 6.28. The number of nitrogens with one attached hydrogen (secondary N) is 1. The molecule has 0 aliphatic carbocycles. The van der Waals surface area contributed by atoms with E-state index in [9.17, 15) is 0 Å². The summed E-state index contributed by atoms with van der Waals surface area (Å²) in [7, 11) is 0. The number of ether oxygens (including phenoxy) is 2. The number of H-pyrrole nitrogens is 1. The molecule has 0 bridgehead atoms. The summed E-state index contributed by atoms with van der Waals surface area (Å²) < 4.78 is 10.9. The maximum absolute atomic E-state index is 5.78. The van der Waals surface area contributed by atoms with Gasteiger partial charge in [-0.05, 0) is 17.5 Å². The van der Waals surface area contributed by atoms with Crippen LogP contribution in [-0.4, -0.2) is 40.0 Å². The molecule has 6 nitrogen and oxygen atoms in total. The van der Waals surface area contributed by atoms with Gasteiger partial charge < -0.3 is 9.47 Å². The summed E-state index contributed by atoms with van der Waals surface area (Å²) in [5, 5.41) is 7.43. The van der Waals surface area contributed by atoms with Crippen molar-refractivity contribution in [2.24, 2.45) is 5.92 Å². The molecule has 1 N–H and O–H groups in total. The van der Waals surface area contributed by atoms with Crippen LogP contribution in [0.15, 0.2) is 6.20 Å². The quantitative estimate of drug-likeness (QED) is 0.642. The average molecular weight is 271 g/mol. The second kappa shape index (κ2) is 5.97. The number of hydrogen-bond acceptors (Lipinski definition) is 5. The summed E-state index contributed by atoms with van der Waals surface area (Å²) in [4.78, 5) is 8.01. The molecule has 0 aromatic carbocycles. The lowest BCUT2D eigenvalue weighted by molar-refractivity contribution is 0.0811. The number of nitrogens with zero attached hydrogens (tertiary/aromatic N) is 3. The summed E-state index contributed by atoms with van der Waals surface area (Å²) in [6, 6.07) is 0. The van der Waals surface area contributed by atoms with Gasteiger partial charge in [0.25, 0.3) is 0 Å². The standard InChI is InChI=1S/C11H15ClN4O2/c1-7(2)6-17-3-4-18-10-8-5-13-16-9(8)14-11(12)15-10/h5,7H,3-4,6H2,1-2H3,(H,13,14,15,16). The number of hydrogen-bond donors (Lipinski definition) is 1. The Morgan fingerprint density at radius 1 is 1.33 bits per heavy atom.